The van der Waals surface area contributed by atoms with E-state index in [0.29, 0.717) is 18.9 Å². The Balaban J connectivity index is 1.76. The Labute approximate surface area is 134 Å². The second-order valence-electron chi connectivity index (χ2n) is 6.65. The molecule has 2 aliphatic rings. The van der Waals surface area contributed by atoms with Crippen molar-refractivity contribution in [3.63, 3.8) is 0 Å². The van der Waals surface area contributed by atoms with Crippen LogP contribution in [0.4, 0.5) is 0 Å². The van der Waals surface area contributed by atoms with Crippen LogP contribution < -0.4 is 0 Å². The first-order valence-electron chi connectivity index (χ1n) is 7.93. The summed E-state index contributed by atoms with van der Waals surface area (Å²) in [5.41, 5.74) is -0.764. The Morgan fingerprint density at radius 1 is 1.57 bits per heavy atom. The number of β-lactam (4-membered cyclic amide) rings is 1. The van der Waals surface area contributed by atoms with Crippen molar-refractivity contribution in [1.29, 1.82) is 0 Å². The second-order valence-corrected chi connectivity index (χ2v) is 6.65. The molecule has 3 rings (SSSR count). The van der Waals surface area contributed by atoms with Crippen LogP contribution in [0.5, 0.6) is 0 Å². The van der Waals surface area contributed by atoms with Crippen LogP contribution in [0, 0.1) is 5.92 Å². The van der Waals surface area contributed by atoms with Crippen LogP contribution >= 0.6 is 0 Å². The molecule has 126 valence electrons. The highest BCUT2D eigenvalue weighted by atomic mass is 16.5. The van der Waals surface area contributed by atoms with Crippen LogP contribution in [0.3, 0.4) is 0 Å². The van der Waals surface area contributed by atoms with E-state index in [0.717, 1.165) is 6.42 Å². The minimum Gasteiger partial charge on any atom is -0.393 e. The van der Waals surface area contributed by atoms with Crippen molar-refractivity contribution in [1.82, 2.24) is 19.9 Å². The topological polar surface area (TPSA) is 99.8 Å². The zero-order valence-corrected chi connectivity index (χ0v) is 13.6. The fourth-order valence-electron chi connectivity index (χ4n) is 3.55. The number of amides is 2. The number of hydrogen-bond donors (Lipinski definition) is 1. The monoisotopic (exact) mass is 322 g/mol. The number of hydrogen-bond acceptors (Lipinski definition) is 6. The number of carbonyl (C=O) groups is 2. The van der Waals surface area contributed by atoms with Gasteiger partial charge < -0.3 is 19.4 Å². The molecule has 8 nitrogen and oxygen atoms in total. The van der Waals surface area contributed by atoms with Gasteiger partial charge in [-0.25, -0.2) is 0 Å². The van der Waals surface area contributed by atoms with E-state index in [1.165, 1.54) is 6.33 Å². The molecule has 1 N–H and O–H groups in total. The third kappa shape index (κ3) is 2.41. The molecule has 2 saturated heterocycles. The largest absolute Gasteiger partial charge is 0.393 e. The highest BCUT2D eigenvalue weighted by molar-refractivity contribution is 5.97. The van der Waals surface area contributed by atoms with Crippen LogP contribution in [0.15, 0.2) is 10.9 Å². The molecule has 0 saturated carbocycles. The highest BCUT2D eigenvalue weighted by Crippen LogP contribution is 2.43. The van der Waals surface area contributed by atoms with E-state index in [1.54, 1.807) is 23.6 Å². The SMILES string of the molecule is CC(O)C(C)C(=O)N1C(C)CCC12CN(Cc1ncno1)C2=O. The molecular formula is C15H22N4O4. The Kier molecular flexibility index (Phi) is 3.87. The van der Waals surface area contributed by atoms with Crippen LogP contribution in [0.2, 0.25) is 0 Å². The third-order valence-corrected chi connectivity index (χ3v) is 5.10. The number of aliphatic hydroxyl groups excluding tert-OH is 1. The predicted octanol–water partition coefficient (Wildman–Crippen LogP) is 0.178. The molecule has 0 bridgehead atoms. The van der Waals surface area contributed by atoms with Crippen molar-refractivity contribution in [3.05, 3.63) is 12.2 Å². The number of aromatic nitrogens is 2. The molecule has 3 heterocycles. The van der Waals surface area contributed by atoms with Gasteiger partial charge in [0.05, 0.1) is 18.6 Å². The standard InChI is InChI=1S/C15H22N4O4/c1-9-4-5-15(19(9)13(21)10(2)11(3)20)7-18(14(15)22)6-12-16-8-17-23-12/h8-11,20H,4-7H2,1-3H3. The summed E-state index contributed by atoms with van der Waals surface area (Å²) < 4.78 is 4.94. The first-order chi connectivity index (χ1) is 10.9. The average Bonchev–Trinajstić information content (AvgIpc) is 3.14. The number of aliphatic hydroxyl groups is 1. The van der Waals surface area contributed by atoms with Gasteiger partial charge in [0.25, 0.3) is 5.91 Å². The van der Waals surface area contributed by atoms with Crippen molar-refractivity contribution in [2.24, 2.45) is 5.92 Å². The molecule has 2 aliphatic heterocycles. The number of likely N-dealkylation sites (tertiary alicyclic amines) is 2. The zero-order chi connectivity index (χ0) is 16.8. The lowest BCUT2D eigenvalue weighted by Crippen LogP contribution is -2.73. The molecule has 0 aliphatic carbocycles. The first-order valence-corrected chi connectivity index (χ1v) is 7.93. The quantitative estimate of drug-likeness (QED) is 0.794. The highest BCUT2D eigenvalue weighted by Gasteiger charge is 2.62. The van der Waals surface area contributed by atoms with Crippen molar-refractivity contribution in [2.45, 2.75) is 57.8 Å². The summed E-state index contributed by atoms with van der Waals surface area (Å²) in [5, 5.41) is 13.2. The maximum absolute atomic E-state index is 12.7. The smallest absolute Gasteiger partial charge is 0.250 e. The van der Waals surface area contributed by atoms with Crippen LogP contribution in [0.25, 0.3) is 0 Å². The first kappa shape index (κ1) is 15.9. The van der Waals surface area contributed by atoms with Gasteiger partial charge in [-0.1, -0.05) is 12.1 Å². The molecular weight excluding hydrogens is 300 g/mol. The van der Waals surface area contributed by atoms with Crippen molar-refractivity contribution >= 4 is 11.8 Å². The Hall–Kier alpha value is -1.96. The minimum absolute atomic E-state index is 0.00166. The molecule has 2 fully saturated rings. The van der Waals surface area contributed by atoms with Gasteiger partial charge in [-0.3, -0.25) is 9.59 Å². The molecule has 4 atom stereocenters. The van der Waals surface area contributed by atoms with E-state index in [4.69, 9.17) is 4.52 Å². The van der Waals surface area contributed by atoms with Gasteiger partial charge >= 0.3 is 0 Å². The van der Waals surface area contributed by atoms with Crippen LogP contribution in [0.1, 0.15) is 39.5 Å². The van der Waals surface area contributed by atoms with Gasteiger partial charge in [0.15, 0.2) is 6.33 Å². The summed E-state index contributed by atoms with van der Waals surface area (Å²) in [6.07, 6.45) is 2.01. The Morgan fingerprint density at radius 3 is 2.87 bits per heavy atom. The van der Waals surface area contributed by atoms with Gasteiger partial charge in [-0.05, 0) is 26.7 Å². The van der Waals surface area contributed by atoms with Crippen molar-refractivity contribution in [3.8, 4) is 0 Å². The van der Waals surface area contributed by atoms with E-state index >= 15 is 0 Å². The summed E-state index contributed by atoms with van der Waals surface area (Å²) in [7, 11) is 0. The Bertz CT molecular complexity index is 603. The van der Waals surface area contributed by atoms with Gasteiger partial charge in [-0.15, -0.1) is 0 Å². The lowest BCUT2D eigenvalue weighted by atomic mass is 9.84. The normalized spacial score (nSPS) is 29.7. The van der Waals surface area contributed by atoms with Crippen LogP contribution in [-0.2, 0) is 16.1 Å². The molecule has 0 radical (unpaired) electrons. The lowest BCUT2D eigenvalue weighted by Gasteiger charge is -2.52. The molecule has 23 heavy (non-hydrogen) atoms. The van der Waals surface area contributed by atoms with Gasteiger partial charge in [-0.2, -0.15) is 4.98 Å². The number of carbonyl (C=O) groups excluding carboxylic acids is 2. The average molecular weight is 322 g/mol. The summed E-state index contributed by atoms with van der Waals surface area (Å²) >= 11 is 0. The van der Waals surface area contributed by atoms with Crippen molar-refractivity contribution in [2.75, 3.05) is 6.54 Å². The molecule has 1 aromatic rings. The predicted molar refractivity (Wildman–Crippen MR) is 78.8 cm³/mol. The lowest BCUT2D eigenvalue weighted by molar-refractivity contribution is -0.173. The summed E-state index contributed by atoms with van der Waals surface area (Å²) in [6.45, 7) is 5.99. The Morgan fingerprint density at radius 2 is 2.30 bits per heavy atom. The van der Waals surface area contributed by atoms with E-state index < -0.39 is 17.6 Å². The minimum atomic E-state index is -0.764. The zero-order valence-electron chi connectivity index (χ0n) is 13.6. The van der Waals surface area contributed by atoms with E-state index in [9.17, 15) is 14.7 Å². The molecule has 1 aromatic heterocycles. The second kappa shape index (κ2) is 5.59. The van der Waals surface area contributed by atoms with E-state index in [1.807, 2.05) is 6.92 Å². The summed E-state index contributed by atoms with van der Waals surface area (Å²) in [5.74, 6) is -0.373. The fourth-order valence-corrected chi connectivity index (χ4v) is 3.55. The van der Waals surface area contributed by atoms with Gasteiger partial charge in [0, 0.05) is 6.04 Å². The fraction of sp³-hybridized carbons (Fsp3) is 0.733. The van der Waals surface area contributed by atoms with Gasteiger partial charge in [0.2, 0.25) is 11.8 Å². The van der Waals surface area contributed by atoms with Crippen molar-refractivity contribution < 1.29 is 19.2 Å². The summed E-state index contributed by atoms with van der Waals surface area (Å²) in [6, 6.07) is -0.00166. The number of rotatable bonds is 4. The molecule has 1 spiro atoms. The van der Waals surface area contributed by atoms with E-state index in [-0.39, 0.29) is 24.4 Å². The number of nitrogens with zero attached hydrogens (tertiary/aromatic N) is 4. The molecule has 0 aromatic carbocycles. The summed E-state index contributed by atoms with van der Waals surface area (Å²) in [4.78, 5) is 32.7. The van der Waals surface area contributed by atoms with Crippen LogP contribution in [-0.4, -0.2) is 61.1 Å². The third-order valence-electron chi connectivity index (χ3n) is 5.10. The molecule has 2 amide bonds. The molecule has 8 heteroatoms. The van der Waals surface area contributed by atoms with Gasteiger partial charge in [0.1, 0.15) is 12.1 Å². The maximum atomic E-state index is 12.7. The maximum Gasteiger partial charge on any atom is 0.250 e. The molecule has 4 unspecified atom stereocenters. The van der Waals surface area contributed by atoms with E-state index in [2.05, 4.69) is 10.1 Å².